The van der Waals surface area contributed by atoms with Crippen molar-refractivity contribution in [2.75, 3.05) is 13.3 Å². The fourth-order valence-corrected chi connectivity index (χ4v) is 2.38. The molecule has 0 fully saturated rings. The molecule has 1 aromatic carbocycles. The van der Waals surface area contributed by atoms with Gasteiger partial charge in [-0.25, -0.2) is 0 Å². The number of thioether (sulfide) groups is 1. The van der Waals surface area contributed by atoms with E-state index in [1.807, 2.05) is 7.05 Å². The summed E-state index contributed by atoms with van der Waals surface area (Å²) in [7, 11) is 1.92. The molecule has 0 saturated heterocycles. The Balaban J connectivity index is 2.96. The van der Waals surface area contributed by atoms with Gasteiger partial charge in [0, 0.05) is 10.9 Å². The zero-order valence-electron chi connectivity index (χ0n) is 10.9. The highest BCUT2D eigenvalue weighted by molar-refractivity contribution is 7.98. The third kappa shape index (κ3) is 3.49. The number of nitriles is 1. The zero-order chi connectivity index (χ0) is 12.8. The SMILES string of the molecule is CNC(c1ccc(SC)cc1)C(C#N)C(C)C. The molecule has 0 aliphatic carbocycles. The summed E-state index contributed by atoms with van der Waals surface area (Å²) in [6.07, 6.45) is 2.07. The van der Waals surface area contributed by atoms with Gasteiger partial charge in [-0.3, -0.25) is 0 Å². The van der Waals surface area contributed by atoms with Crippen LogP contribution in [0.3, 0.4) is 0 Å². The fraction of sp³-hybridized carbons (Fsp3) is 0.500. The maximum atomic E-state index is 9.27. The number of benzene rings is 1. The van der Waals surface area contributed by atoms with Gasteiger partial charge in [0.05, 0.1) is 12.0 Å². The van der Waals surface area contributed by atoms with Gasteiger partial charge in [-0.05, 0) is 36.9 Å². The van der Waals surface area contributed by atoms with Gasteiger partial charge >= 0.3 is 0 Å². The predicted molar refractivity (Wildman–Crippen MR) is 74.0 cm³/mol. The van der Waals surface area contributed by atoms with Crippen molar-refractivity contribution in [2.24, 2.45) is 11.8 Å². The highest BCUT2D eigenvalue weighted by Crippen LogP contribution is 2.28. The van der Waals surface area contributed by atoms with E-state index in [-0.39, 0.29) is 12.0 Å². The van der Waals surface area contributed by atoms with Crippen molar-refractivity contribution >= 4 is 11.8 Å². The standard InChI is InChI=1S/C14H20N2S/c1-10(2)13(9-15)14(16-3)11-5-7-12(17-4)8-6-11/h5-8,10,13-14,16H,1-4H3. The smallest absolute Gasteiger partial charge is 0.0681 e. The molecule has 2 atom stereocenters. The molecule has 0 bridgehead atoms. The highest BCUT2D eigenvalue weighted by atomic mass is 32.2. The molecule has 0 radical (unpaired) electrons. The lowest BCUT2D eigenvalue weighted by molar-refractivity contribution is 0.363. The molecule has 0 aliphatic heterocycles. The van der Waals surface area contributed by atoms with Crippen LogP contribution < -0.4 is 5.32 Å². The number of hydrogen-bond acceptors (Lipinski definition) is 3. The minimum absolute atomic E-state index is 0.000120. The Kier molecular flexibility index (Phi) is 5.54. The van der Waals surface area contributed by atoms with Crippen LogP contribution in [0.15, 0.2) is 29.2 Å². The number of nitrogens with zero attached hydrogens (tertiary/aromatic N) is 1. The van der Waals surface area contributed by atoms with Crippen LogP contribution in [0.2, 0.25) is 0 Å². The molecule has 17 heavy (non-hydrogen) atoms. The van der Waals surface area contributed by atoms with Gasteiger partial charge in [0.2, 0.25) is 0 Å². The molecule has 0 heterocycles. The van der Waals surface area contributed by atoms with Crippen LogP contribution in [0.25, 0.3) is 0 Å². The molecule has 92 valence electrons. The largest absolute Gasteiger partial charge is 0.312 e. The Bertz CT molecular complexity index is 378. The molecule has 1 aromatic rings. The summed E-state index contributed by atoms with van der Waals surface area (Å²) in [5, 5.41) is 12.5. The number of hydrogen-bond donors (Lipinski definition) is 1. The van der Waals surface area contributed by atoms with Crippen molar-refractivity contribution in [3.8, 4) is 6.07 Å². The highest BCUT2D eigenvalue weighted by Gasteiger charge is 2.24. The normalized spacial score (nSPS) is 14.4. The van der Waals surface area contributed by atoms with E-state index in [0.717, 1.165) is 0 Å². The molecular weight excluding hydrogens is 228 g/mol. The summed E-state index contributed by atoms with van der Waals surface area (Å²) < 4.78 is 0. The summed E-state index contributed by atoms with van der Waals surface area (Å²) >= 11 is 1.73. The van der Waals surface area contributed by atoms with Gasteiger partial charge in [0.1, 0.15) is 0 Å². The van der Waals surface area contributed by atoms with E-state index in [2.05, 4.69) is 55.8 Å². The average Bonchev–Trinajstić information content (AvgIpc) is 2.35. The Morgan fingerprint density at radius 2 is 1.82 bits per heavy atom. The van der Waals surface area contributed by atoms with Crippen LogP contribution in [0.5, 0.6) is 0 Å². The molecule has 3 heteroatoms. The van der Waals surface area contributed by atoms with Crippen molar-refractivity contribution in [1.82, 2.24) is 5.32 Å². The lowest BCUT2D eigenvalue weighted by Crippen LogP contribution is -2.27. The third-order valence-corrected chi connectivity index (χ3v) is 3.76. The zero-order valence-corrected chi connectivity index (χ0v) is 11.7. The molecule has 0 aromatic heterocycles. The monoisotopic (exact) mass is 248 g/mol. The first-order chi connectivity index (χ1) is 8.13. The Hall–Kier alpha value is -0.980. The minimum atomic E-state index is 0.000120. The lowest BCUT2D eigenvalue weighted by atomic mass is 9.86. The van der Waals surface area contributed by atoms with Crippen LogP contribution in [0, 0.1) is 23.2 Å². The van der Waals surface area contributed by atoms with Crippen molar-refractivity contribution < 1.29 is 0 Å². The second-order valence-corrected chi connectivity index (χ2v) is 5.32. The van der Waals surface area contributed by atoms with Crippen LogP contribution >= 0.6 is 11.8 Å². The summed E-state index contributed by atoms with van der Waals surface area (Å²) in [6, 6.07) is 11.0. The van der Waals surface area contributed by atoms with Crippen molar-refractivity contribution in [1.29, 1.82) is 5.26 Å². The first kappa shape index (κ1) is 14.1. The van der Waals surface area contributed by atoms with E-state index in [9.17, 15) is 5.26 Å². The van der Waals surface area contributed by atoms with Crippen molar-refractivity contribution in [2.45, 2.75) is 24.8 Å². The predicted octanol–water partition coefficient (Wildman–Crippen LogP) is 3.46. The molecule has 2 unspecified atom stereocenters. The van der Waals surface area contributed by atoms with Gasteiger partial charge in [-0.2, -0.15) is 5.26 Å². The minimum Gasteiger partial charge on any atom is -0.312 e. The molecule has 0 saturated carbocycles. The third-order valence-electron chi connectivity index (χ3n) is 3.01. The quantitative estimate of drug-likeness (QED) is 0.811. The maximum Gasteiger partial charge on any atom is 0.0681 e. The van der Waals surface area contributed by atoms with Crippen LogP contribution in [-0.2, 0) is 0 Å². The van der Waals surface area contributed by atoms with Gasteiger partial charge in [0.25, 0.3) is 0 Å². The van der Waals surface area contributed by atoms with E-state index >= 15 is 0 Å². The second kappa shape index (κ2) is 6.68. The lowest BCUT2D eigenvalue weighted by Gasteiger charge is -2.24. The molecular formula is C14H20N2S. The summed E-state index contributed by atoms with van der Waals surface area (Å²) in [5.41, 5.74) is 1.19. The molecule has 1 N–H and O–H groups in total. The van der Waals surface area contributed by atoms with E-state index in [1.165, 1.54) is 10.5 Å². The van der Waals surface area contributed by atoms with Gasteiger partial charge in [-0.1, -0.05) is 26.0 Å². The molecule has 1 rings (SSSR count). The van der Waals surface area contributed by atoms with E-state index < -0.39 is 0 Å². The first-order valence-electron chi connectivity index (χ1n) is 5.84. The number of rotatable bonds is 5. The van der Waals surface area contributed by atoms with E-state index in [4.69, 9.17) is 0 Å². The number of nitrogens with one attached hydrogen (secondary N) is 1. The van der Waals surface area contributed by atoms with E-state index in [0.29, 0.717) is 5.92 Å². The molecule has 0 spiro atoms. The summed E-state index contributed by atoms with van der Waals surface area (Å²) in [6.45, 7) is 4.18. The Labute approximate surface area is 108 Å². The summed E-state index contributed by atoms with van der Waals surface area (Å²) in [4.78, 5) is 1.25. The van der Waals surface area contributed by atoms with Crippen LogP contribution in [0.4, 0.5) is 0 Å². The van der Waals surface area contributed by atoms with Gasteiger partial charge in [0.15, 0.2) is 0 Å². The van der Waals surface area contributed by atoms with Gasteiger partial charge < -0.3 is 5.32 Å². The topological polar surface area (TPSA) is 35.8 Å². The Morgan fingerprint density at radius 1 is 1.24 bits per heavy atom. The fourth-order valence-electron chi connectivity index (χ4n) is 1.97. The molecule has 2 nitrogen and oxygen atoms in total. The van der Waals surface area contributed by atoms with Crippen molar-refractivity contribution in [3.05, 3.63) is 29.8 Å². The molecule has 0 aliphatic rings. The van der Waals surface area contributed by atoms with Crippen LogP contribution in [-0.4, -0.2) is 13.3 Å². The Morgan fingerprint density at radius 3 is 2.18 bits per heavy atom. The molecule has 0 amide bonds. The average molecular weight is 248 g/mol. The maximum absolute atomic E-state index is 9.27. The van der Waals surface area contributed by atoms with Crippen LogP contribution in [0.1, 0.15) is 25.5 Å². The first-order valence-corrected chi connectivity index (χ1v) is 7.07. The van der Waals surface area contributed by atoms with Crippen molar-refractivity contribution in [3.63, 3.8) is 0 Å². The summed E-state index contributed by atoms with van der Waals surface area (Å²) in [5.74, 6) is 0.345. The second-order valence-electron chi connectivity index (χ2n) is 4.44. The van der Waals surface area contributed by atoms with Gasteiger partial charge in [-0.15, -0.1) is 11.8 Å². The van der Waals surface area contributed by atoms with E-state index in [1.54, 1.807) is 11.8 Å².